The Labute approximate surface area is 112 Å². The Morgan fingerprint density at radius 2 is 2.26 bits per heavy atom. The first kappa shape index (κ1) is 13.7. The molecule has 7 nitrogen and oxygen atoms in total. The van der Waals surface area contributed by atoms with Gasteiger partial charge in [0.1, 0.15) is 5.69 Å². The van der Waals surface area contributed by atoms with Gasteiger partial charge in [-0.2, -0.15) is 5.10 Å². The van der Waals surface area contributed by atoms with E-state index in [2.05, 4.69) is 26.7 Å². The lowest BCUT2D eigenvalue weighted by atomic mass is 10.1. The maximum atomic E-state index is 8.91. The molecule has 1 fully saturated rings. The van der Waals surface area contributed by atoms with Crippen molar-refractivity contribution in [1.82, 2.24) is 14.7 Å². The number of rotatable bonds is 4. The van der Waals surface area contributed by atoms with E-state index in [4.69, 9.17) is 10.8 Å². The maximum absolute atomic E-state index is 8.91. The van der Waals surface area contributed by atoms with Crippen LogP contribution in [0.15, 0.2) is 22.4 Å². The highest BCUT2D eigenvalue weighted by Gasteiger charge is 2.20. The maximum Gasteiger partial charge on any atom is 0.220 e. The van der Waals surface area contributed by atoms with E-state index in [1.165, 1.54) is 0 Å². The van der Waals surface area contributed by atoms with Crippen molar-refractivity contribution in [3.8, 4) is 0 Å². The molecule has 1 aliphatic rings. The van der Waals surface area contributed by atoms with Crippen LogP contribution in [-0.2, 0) is 0 Å². The van der Waals surface area contributed by atoms with Gasteiger partial charge in [0.2, 0.25) is 5.96 Å². The van der Waals surface area contributed by atoms with Gasteiger partial charge in [0.15, 0.2) is 0 Å². The monoisotopic (exact) mass is 264 g/mol. The lowest BCUT2D eigenvalue weighted by Gasteiger charge is -2.31. The lowest BCUT2D eigenvalue weighted by molar-refractivity contribution is 0.146. The minimum atomic E-state index is 0.150. The van der Waals surface area contributed by atoms with E-state index in [0.29, 0.717) is 11.7 Å². The van der Waals surface area contributed by atoms with E-state index in [9.17, 15) is 0 Å². The number of aliphatic imine (C=N–C) groups is 2. The molecule has 3 N–H and O–H groups in total. The van der Waals surface area contributed by atoms with Crippen LogP contribution in [0.4, 0.5) is 5.69 Å². The number of piperidine rings is 1. The largest absolute Gasteiger partial charge is 0.395 e. The highest BCUT2D eigenvalue weighted by Crippen LogP contribution is 2.23. The Hall–Kier alpha value is -1.73. The van der Waals surface area contributed by atoms with Crippen LogP contribution < -0.4 is 5.73 Å². The van der Waals surface area contributed by atoms with E-state index in [0.717, 1.165) is 32.5 Å². The molecular formula is C12H20N6O. The second-order valence-corrected chi connectivity index (χ2v) is 4.60. The summed E-state index contributed by atoms with van der Waals surface area (Å²) >= 11 is 0. The highest BCUT2D eigenvalue weighted by atomic mass is 16.3. The summed E-state index contributed by atoms with van der Waals surface area (Å²) in [5, 5.41) is 13.2. The number of aromatic nitrogens is 2. The van der Waals surface area contributed by atoms with E-state index in [-0.39, 0.29) is 12.6 Å². The number of hydrogen-bond acceptors (Lipinski definition) is 4. The molecule has 0 amide bonds. The van der Waals surface area contributed by atoms with Crippen LogP contribution in [-0.4, -0.2) is 58.7 Å². The van der Waals surface area contributed by atoms with Gasteiger partial charge in [0, 0.05) is 19.6 Å². The molecule has 104 valence electrons. The van der Waals surface area contributed by atoms with Gasteiger partial charge in [-0.3, -0.25) is 4.68 Å². The predicted octanol–water partition coefficient (Wildman–Crippen LogP) is 0.159. The normalized spacial score (nSPS) is 18.7. The second-order valence-electron chi connectivity index (χ2n) is 4.60. The Balaban J connectivity index is 1.95. The zero-order valence-electron chi connectivity index (χ0n) is 10.9. The fourth-order valence-corrected chi connectivity index (χ4v) is 2.30. The number of guanidine groups is 1. The van der Waals surface area contributed by atoms with Gasteiger partial charge in [0.05, 0.1) is 25.0 Å². The topological polar surface area (TPSA) is 92.0 Å². The predicted molar refractivity (Wildman–Crippen MR) is 74.9 cm³/mol. The first-order chi connectivity index (χ1) is 9.22. The number of nitrogens with two attached hydrogens (primary N) is 1. The fourth-order valence-electron chi connectivity index (χ4n) is 2.30. The molecule has 2 rings (SSSR count). The molecule has 0 atom stereocenters. The third kappa shape index (κ3) is 3.62. The van der Waals surface area contributed by atoms with Gasteiger partial charge in [-0.15, -0.1) is 0 Å². The van der Waals surface area contributed by atoms with E-state index in [1.54, 1.807) is 6.20 Å². The van der Waals surface area contributed by atoms with Gasteiger partial charge in [0.25, 0.3) is 0 Å². The number of aliphatic hydroxyl groups excluding tert-OH is 1. The minimum Gasteiger partial charge on any atom is -0.395 e. The molecule has 1 aliphatic heterocycles. The third-order valence-electron chi connectivity index (χ3n) is 3.34. The van der Waals surface area contributed by atoms with Crippen LogP contribution in [0.5, 0.6) is 0 Å². The number of hydrogen-bond donors (Lipinski definition) is 2. The zero-order valence-corrected chi connectivity index (χ0v) is 10.9. The minimum absolute atomic E-state index is 0.150. The summed E-state index contributed by atoms with van der Waals surface area (Å²) in [5.74, 6) is 0.150. The van der Waals surface area contributed by atoms with Crippen molar-refractivity contribution in [2.45, 2.75) is 18.9 Å². The summed E-state index contributed by atoms with van der Waals surface area (Å²) < 4.78 is 1.94. The van der Waals surface area contributed by atoms with Crippen LogP contribution >= 0.6 is 0 Å². The molecule has 7 heteroatoms. The first-order valence-electron chi connectivity index (χ1n) is 6.41. The molecule has 2 heterocycles. The van der Waals surface area contributed by atoms with E-state index < -0.39 is 0 Å². The highest BCUT2D eigenvalue weighted by molar-refractivity contribution is 5.84. The zero-order chi connectivity index (χ0) is 13.7. The average molecular weight is 264 g/mol. The summed E-state index contributed by atoms with van der Waals surface area (Å²) in [6.07, 6.45) is 5.61. The van der Waals surface area contributed by atoms with Crippen molar-refractivity contribution >= 4 is 18.4 Å². The molecule has 0 saturated carbocycles. The molecule has 0 bridgehead atoms. The van der Waals surface area contributed by atoms with E-state index in [1.807, 2.05) is 10.9 Å². The van der Waals surface area contributed by atoms with Crippen LogP contribution in [0.2, 0.25) is 0 Å². The SMILES string of the molecule is C=NC(N)=Nc1cnn(C2CCN(CCO)CC2)c1. The summed E-state index contributed by atoms with van der Waals surface area (Å²) in [7, 11) is 0. The van der Waals surface area contributed by atoms with Gasteiger partial charge in [-0.05, 0) is 19.6 Å². The van der Waals surface area contributed by atoms with Gasteiger partial charge in [-0.25, -0.2) is 9.98 Å². The molecule has 1 aromatic rings. The number of likely N-dealkylation sites (tertiary alicyclic amines) is 1. The standard InChI is InChI=1S/C12H20N6O/c1-14-12(13)16-10-8-15-18(9-10)11-2-4-17(5-3-11)6-7-19/h8-9,11,19H,1-7H2,(H2,13,16). The number of β-amino-alcohol motifs (C(OH)–C–C–N with tert-alkyl or cyclic N) is 1. The van der Waals surface area contributed by atoms with Gasteiger partial charge in [-0.1, -0.05) is 0 Å². The Morgan fingerprint density at radius 1 is 1.53 bits per heavy atom. The summed E-state index contributed by atoms with van der Waals surface area (Å²) in [6.45, 7) is 6.27. The van der Waals surface area contributed by atoms with Crippen molar-refractivity contribution in [1.29, 1.82) is 0 Å². The molecule has 19 heavy (non-hydrogen) atoms. The molecule has 1 saturated heterocycles. The molecule has 0 spiro atoms. The molecule has 0 radical (unpaired) electrons. The van der Waals surface area contributed by atoms with Crippen LogP contribution in [0.25, 0.3) is 0 Å². The second kappa shape index (κ2) is 6.44. The quantitative estimate of drug-likeness (QED) is 0.598. The Morgan fingerprint density at radius 3 is 2.89 bits per heavy atom. The van der Waals surface area contributed by atoms with Gasteiger partial charge < -0.3 is 15.7 Å². The molecule has 0 aromatic carbocycles. The Bertz CT molecular complexity index is 447. The van der Waals surface area contributed by atoms with Crippen molar-refractivity contribution in [3.05, 3.63) is 12.4 Å². The molecule has 1 aromatic heterocycles. The van der Waals surface area contributed by atoms with Crippen molar-refractivity contribution in [2.75, 3.05) is 26.2 Å². The van der Waals surface area contributed by atoms with Gasteiger partial charge >= 0.3 is 0 Å². The van der Waals surface area contributed by atoms with Crippen molar-refractivity contribution < 1.29 is 5.11 Å². The lowest BCUT2D eigenvalue weighted by Crippen LogP contribution is -2.36. The third-order valence-corrected chi connectivity index (χ3v) is 3.34. The summed E-state index contributed by atoms with van der Waals surface area (Å²) in [4.78, 5) is 9.88. The van der Waals surface area contributed by atoms with E-state index >= 15 is 0 Å². The molecule has 0 aliphatic carbocycles. The van der Waals surface area contributed by atoms with Crippen LogP contribution in [0, 0.1) is 0 Å². The number of aliphatic hydroxyl groups is 1. The van der Waals surface area contributed by atoms with Crippen LogP contribution in [0.1, 0.15) is 18.9 Å². The smallest absolute Gasteiger partial charge is 0.220 e. The summed E-state index contributed by atoms with van der Waals surface area (Å²) in [6, 6.07) is 0.386. The Kier molecular flexibility index (Phi) is 4.64. The van der Waals surface area contributed by atoms with Crippen molar-refractivity contribution in [2.24, 2.45) is 15.7 Å². The molecular weight excluding hydrogens is 244 g/mol. The average Bonchev–Trinajstić information content (AvgIpc) is 2.88. The summed E-state index contributed by atoms with van der Waals surface area (Å²) in [5.41, 5.74) is 6.19. The molecule has 0 unspecified atom stereocenters. The fraction of sp³-hybridized carbons (Fsp3) is 0.583. The van der Waals surface area contributed by atoms with Crippen LogP contribution in [0.3, 0.4) is 0 Å². The van der Waals surface area contributed by atoms with Crippen molar-refractivity contribution in [3.63, 3.8) is 0 Å². The number of nitrogens with zero attached hydrogens (tertiary/aromatic N) is 5. The first-order valence-corrected chi connectivity index (χ1v) is 6.41.